The van der Waals surface area contributed by atoms with Crippen molar-refractivity contribution in [3.63, 3.8) is 0 Å². The molecule has 0 radical (unpaired) electrons. The van der Waals surface area contributed by atoms with Gasteiger partial charge < -0.3 is 15.2 Å². The van der Waals surface area contributed by atoms with E-state index in [2.05, 4.69) is 10.4 Å². The first kappa shape index (κ1) is 21.4. The molecule has 0 aromatic carbocycles. The third kappa shape index (κ3) is 5.20. The topological polar surface area (TPSA) is 89.3 Å². The number of rotatable bonds is 9. The number of aliphatic hydroxyl groups excluding tert-OH is 1. The van der Waals surface area contributed by atoms with E-state index in [9.17, 15) is 9.90 Å². The number of carbonyl (C=O) groups is 1. The van der Waals surface area contributed by atoms with Crippen molar-refractivity contribution >= 4 is 28.3 Å². The van der Waals surface area contributed by atoms with Crippen molar-refractivity contribution in [1.82, 2.24) is 20.1 Å². The molecule has 7 nitrogen and oxygen atoms in total. The van der Waals surface area contributed by atoms with E-state index in [4.69, 9.17) is 9.72 Å². The van der Waals surface area contributed by atoms with E-state index in [0.717, 1.165) is 10.6 Å². The summed E-state index contributed by atoms with van der Waals surface area (Å²) in [6, 6.07) is 5.84. The summed E-state index contributed by atoms with van der Waals surface area (Å²) in [5, 5.41) is 20.0. The van der Waals surface area contributed by atoms with Crippen LogP contribution in [0.25, 0.3) is 21.6 Å². The van der Waals surface area contributed by atoms with Gasteiger partial charge in [-0.15, -0.1) is 11.3 Å². The first-order valence-corrected chi connectivity index (χ1v) is 10.7. The molecule has 0 saturated heterocycles. The van der Waals surface area contributed by atoms with Crippen molar-refractivity contribution in [1.29, 1.82) is 0 Å². The minimum Gasteiger partial charge on any atom is -0.389 e. The number of carbonyl (C=O) groups excluding carboxylic acids is 1. The molecule has 2 N–H and O–H groups in total. The van der Waals surface area contributed by atoms with Gasteiger partial charge in [-0.25, -0.2) is 9.67 Å². The molecule has 0 saturated carbocycles. The molecule has 0 unspecified atom stereocenters. The predicted molar refractivity (Wildman–Crippen MR) is 115 cm³/mol. The van der Waals surface area contributed by atoms with E-state index < -0.39 is 6.10 Å². The van der Waals surface area contributed by atoms with Gasteiger partial charge in [0.15, 0.2) is 5.65 Å². The summed E-state index contributed by atoms with van der Waals surface area (Å²) >= 11 is 1.57. The third-order valence-electron chi connectivity index (χ3n) is 4.33. The van der Waals surface area contributed by atoms with Crippen LogP contribution >= 0.6 is 11.3 Å². The van der Waals surface area contributed by atoms with Gasteiger partial charge >= 0.3 is 0 Å². The second kappa shape index (κ2) is 9.47. The highest BCUT2D eigenvalue weighted by molar-refractivity contribution is 7.13. The number of pyridine rings is 1. The highest BCUT2D eigenvalue weighted by atomic mass is 32.1. The van der Waals surface area contributed by atoms with Gasteiger partial charge in [0.2, 0.25) is 0 Å². The van der Waals surface area contributed by atoms with Gasteiger partial charge in [-0.1, -0.05) is 19.9 Å². The van der Waals surface area contributed by atoms with Crippen LogP contribution in [-0.4, -0.2) is 51.6 Å². The highest BCUT2D eigenvalue weighted by Crippen LogP contribution is 2.28. The Morgan fingerprint density at radius 3 is 2.76 bits per heavy atom. The molecule has 0 aliphatic rings. The van der Waals surface area contributed by atoms with E-state index in [-0.39, 0.29) is 25.1 Å². The zero-order valence-corrected chi connectivity index (χ0v) is 18.1. The van der Waals surface area contributed by atoms with Crippen molar-refractivity contribution < 1.29 is 14.6 Å². The van der Waals surface area contributed by atoms with Crippen LogP contribution in [-0.2, 0) is 4.74 Å². The molecule has 3 aromatic rings. The molecule has 29 heavy (non-hydrogen) atoms. The van der Waals surface area contributed by atoms with Gasteiger partial charge in [0.1, 0.15) is 0 Å². The zero-order valence-electron chi connectivity index (χ0n) is 17.3. The molecule has 3 aromatic heterocycles. The summed E-state index contributed by atoms with van der Waals surface area (Å²) in [6.45, 7) is 9.03. The molecule has 0 bridgehead atoms. The first-order chi connectivity index (χ1) is 13.9. The standard InChI is InChI=1S/C21H28N4O3S/c1-13(2)11-28-12-15(26)9-22-21(27)16-8-18(19-6-5-7-29-19)24-20-17(16)10-23-25(20)14(3)4/h5-8,10,13-15,26H,9,11-12H2,1-4H3,(H,22,27)/t15-/m0/s1. The molecule has 0 fully saturated rings. The van der Waals surface area contributed by atoms with Gasteiger partial charge in [-0.3, -0.25) is 4.79 Å². The summed E-state index contributed by atoms with van der Waals surface area (Å²) in [7, 11) is 0. The molecule has 0 aliphatic carbocycles. The lowest BCUT2D eigenvalue weighted by atomic mass is 10.1. The average Bonchev–Trinajstić information content (AvgIpc) is 3.34. The number of aromatic nitrogens is 3. The Balaban J connectivity index is 1.83. The van der Waals surface area contributed by atoms with Crippen molar-refractivity contribution in [2.75, 3.05) is 19.8 Å². The number of amides is 1. The average molecular weight is 417 g/mol. The fraction of sp³-hybridized carbons (Fsp3) is 0.476. The SMILES string of the molecule is CC(C)COC[C@@H](O)CNC(=O)c1cc(-c2cccs2)nc2c1cnn2C(C)C. The smallest absolute Gasteiger partial charge is 0.252 e. The molecule has 8 heteroatoms. The first-order valence-electron chi connectivity index (χ1n) is 9.83. The predicted octanol–water partition coefficient (Wildman–Crippen LogP) is 3.50. The Morgan fingerprint density at radius 1 is 1.31 bits per heavy atom. The number of hydrogen-bond acceptors (Lipinski definition) is 6. The summed E-state index contributed by atoms with van der Waals surface area (Å²) in [6.07, 6.45) is 0.919. The molecule has 0 spiro atoms. The monoisotopic (exact) mass is 416 g/mol. The molecule has 1 amide bonds. The van der Waals surface area contributed by atoms with Crippen LogP contribution in [0.3, 0.4) is 0 Å². The van der Waals surface area contributed by atoms with Crippen LogP contribution in [0.15, 0.2) is 29.8 Å². The number of fused-ring (bicyclic) bond motifs is 1. The Hall–Kier alpha value is -2.29. The molecule has 156 valence electrons. The molecule has 3 rings (SSSR count). The van der Waals surface area contributed by atoms with Crippen molar-refractivity contribution in [3.05, 3.63) is 35.3 Å². The Morgan fingerprint density at radius 2 is 2.10 bits per heavy atom. The second-order valence-corrected chi connectivity index (χ2v) is 8.70. The van der Waals surface area contributed by atoms with Gasteiger partial charge in [0.05, 0.1) is 40.4 Å². The van der Waals surface area contributed by atoms with Gasteiger partial charge in [-0.2, -0.15) is 5.10 Å². The molecular formula is C21H28N4O3S. The van der Waals surface area contributed by atoms with Gasteiger partial charge in [0, 0.05) is 19.2 Å². The fourth-order valence-electron chi connectivity index (χ4n) is 2.94. The Kier molecular flexibility index (Phi) is 7.00. The zero-order chi connectivity index (χ0) is 21.0. The quantitative estimate of drug-likeness (QED) is 0.557. The summed E-state index contributed by atoms with van der Waals surface area (Å²) in [5.41, 5.74) is 1.92. The number of nitrogens with one attached hydrogen (secondary N) is 1. The lowest BCUT2D eigenvalue weighted by Crippen LogP contribution is -2.35. The van der Waals surface area contributed by atoms with Crippen LogP contribution in [0, 0.1) is 5.92 Å². The molecule has 3 heterocycles. The largest absolute Gasteiger partial charge is 0.389 e. The van der Waals surface area contributed by atoms with Crippen molar-refractivity contribution in [2.45, 2.75) is 39.8 Å². The van der Waals surface area contributed by atoms with E-state index in [1.54, 1.807) is 23.6 Å². The second-order valence-electron chi connectivity index (χ2n) is 7.75. The van der Waals surface area contributed by atoms with E-state index in [1.165, 1.54) is 0 Å². The maximum absolute atomic E-state index is 12.9. The summed E-state index contributed by atoms with van der Waals surface area (Å²) in [4.78, 5) is 18.7. The van der Waals surface area contributed by atoms with Crippen LogP contribution in [0.5, 0.6) is 0 Å². The minimum atomic E-state index is -0.759. The summed E-state index contributed by atoms with van der Waals surface area (Å²) < 4.78 is 7.26. The number of hydrogen-bond donors (Lipinski definition) is 2. The van der Waals surface area contributed by atoms with Crippen LogP contribution < -0.4 is 5.32 Å². The maximum Gasteiger partial charge on any atom is 0.252 e. The highest BCUT2D eigenvalue weighted by Gasteiger charge is 2.19. The van der Waals surface area contributed by atoms with Crippen molar-refractivity contribution in [3.8, 4) is 10.6 Å². The third-order valence-corrected chi connectivity index (χ3v) is 5.23. The maximum atomic E-state index is 12.9. The minimum absolute atomic E-state index is 0.118. The molecular weight excluding hydrogens is 388 g/mol. The number of aliphatic hydroxyl groups is 1. The van der Waals surface area contributed by atoms with E-state index in [1.807, 2.05) is 49.9 Å². The normalized spacial score (nSPS) is 12.8. The lowest BCUT2D eigenvalue weighted by molar-refractivity contribution is 0.0259. The number of nitrogens with zero attached hydrogens (tertiary/aromatic N) is 3. The molecule has 0 aliphatic heterocycles. The fourth-order valence-corrected chi connectivity index (χ4v) is 3.62. The van der Waals surface area contributed by atoms with Crippen LogP contribution in [0.4, 0.5) is 0 Å². The van der Waals surface area contributed by atoms with Gasteiger partial charge in [-0.05, 0) is 37.3 Å². The summed E-state index contributed by atoms with van der Waals surface area (Å²) in [5.74, 6) is 0.136. The number of thiophene rings is 1. The lowest BCUT2D eigenvalue weighted by Gasteiger charge is -2.14. The molecule has 1 atom stereocenters. The number of ether oxygens (including phenoxy) is 1. The van der Waals surface area contributed by atoms with E-state index >= 15 is 0 Å². The van der Waals surface area contributed by atoms with Crippen LogP contribution in [0.1, 0.15) is 44.1 Å². The Bertz CT molecular complexity index is 950. The van der Waals surface area contributed by atoms with E-state index in [0.29, 0.717) is 29.1 Å². The van der Waals surface area contributed by atoms with Crippen molar-refractivity contribution in [2.24, 2.45) is 5.92 Å². The van der Waals surface area contributed by atoms with Gasteiger partial charge in [0.25, 0.3) is 5.91 Å². The van der Waals surface area contributed by atoms with Crippen LogP contribution in [0.2, 0.25) is 0 Å². The Labute approximate surface area is 174 Å².